The molecular formula is C50H32S. The van der Waals surface area contributed by atoms with Gasteiger partial charge in [-0.15, -0.1) is 11.3 Å². The number of hydrogen-bond donors (Lipinski definition) is 0. The van der Waals surface area contributed by atoms with Crippen molar-refractivity contribution in [3.63, 3.8) is 0 Å². The van der Waals surface area contributed by atoms with Gasteiger partial charge in [0, 0.05) is 25.6 Å². The molecule has 1 aromatic heterocycles. The molecule has 0 aliphatic rings. The molecule has 0 fully saturated rings. The average Bonchev–Trinajstić information content (AvgIpc) is 3.58. The predicted octanol–water partition coefficient (Wildman–Crippen LogP) is 15.0. The molecule has 10 aromatic rings. The molecular weight excluding hydrogens is 633 g/mol. The van der Waals surface area contributed by atoms with E-state index in [4.69, 9.17) is 0 Å². The maximum atomic E-state index is 3.99. The van der Waals surface area contributed by atoms with Crippen LogP contribution >= 0.6 is 11.3 Å². The van der Waals surface area contributed by atoms with Crippen LogP contribution in [-0.4, -0.2) is 0 Å². The van der Waals surface area contributed by atoms with Crippen LogP contribution in [0.2, 0.25) is 0 Å². The lowest BCUT2D eigenvalue weighted by molar-refractivity contribution is 1.58. The Kier molecular flexibility index (Phi) is 6.77. The number of thiophene rings is 1. The Labute approximate surface area is 300 Å². The molecule has 0 aliphatic heterocycles. The molecule has 1 heteroatoms. The van der Waals surface area contributed by atoms with E-state index >= 15 is 0 Å². The van der Waals surface area contributed by atoms with E-state index in [0.29, 0.717) is 0 Å². The molecule has 10 rings (SSSR count). The van der Waals surface area contributed by atoms with E-state index in [1.807, 2.05) is 23.5 Å². The Hall–Kier alpha value is -6.28. The summed E-state index contributed by atoms with van der Waals surface area (Å²) in [6.07, 6.45) is 3.78. The second-order valence-electron chi connectivity index (χ2n) is 13.4. The van der Waals surface area contributed by atoms with Crippen LogP contribution in [0.25, 0.3) is 109 Å². The van der Waals surface area contributed by atoms with Gasteiger partial charge in [-0.1, -0.05) is 147 Å². The minimum atomic E-state index is 1.10. The predicted molar refractivity (Wildman–Crippen MR) is 226 cm³/mol. The number of fused-ring (bicyclic) bond motifs is 11. The molecule has 0 spiro atoms. The lowest BCUT2D eigenvalue weighted by Gasteiger charge is -2.11. The third kappa shape index (κ3) is 4.74. The maximum Gasteiger partial charge on any atom is 0.0440 e. The van der Waals surface area contributed by atoms with E-state index < -0.39 is 0 Å². The van der Waals surface area contributed by atoms with Gasteiger partial charge in [0.25, 0.3) is 0 Å². The highest BCUT2D eigenvalue weighted by atomic mass is 32.1. The van der Waals surface area contributed by atoms with Crippen molar-refractivity contribution in [3.8, 4) is 33.4 Å². The summed E-state index contributed by atoms with van der Waals surface area (Å²) in [5.41, 5.74) is 9.46. The van der Waals surface area contributed by atoms with Crippen molar-refractivity contribution in [2.24, 2.45) is 0 Å². The van der Waals surface area contributed by atoms with Crippen molar-refractivity contribution in [2.45, 2.75) is 0 Å². The van der Waals surface area contributed by atoms with Gasteiger partial charge in [0.1, 0.15) is 0 Å². The number of benzene rings is 9. The summed E-state index contributed by atoms with van der Waals surface area (Å²) in [5, 5.41) is 13.1. The fourth-order valence-corrected chi connectivity index (χ4v) is 9.25. The largest absolute Gasteiger partial charge is 0.135 e. The summed E-state index contributed by atoms with van der Waals surface area (Å²) >= 11 is 1.91. The molecule has 1 heterocycles. The summed E-state index contributed by atoms with van der Waals surface area (Å²) in [4.78, 5) is 0. The third-order valence-corrected chi connectivity index (χ3v) is 11.8. The molecule has 0 N–H and O–H groups in total. The molecule has 238 valence electrons. The third-order valence-electron chi connectivity index (χ3n) is 10.6. The van der Waals surface area contributed by atoms with Gasteiger partial charge in [-0.25, -0.2) is 0 Å². The van der Waals surface area contributed by atoms with E-state index in [9.17, 15) is 0 Å². The highest BCUT2D eigenvalue weighted by Gasteiger charge is 2.15. The highest BCUT2D eigenvalue weighted by Crippen LogP contribution is 2.45. The van der Waals surface area contributed by atoms with Gasteiger partial charge in [0.15, 0.2) is 0 Å². The maximum absolute atomic E-state index is 3.99. The first-order valence-electron chi connectivity index (χ1n) is 17.4. The Balaban J connectivity index is 1.04. The topological polar surface area (TPSA) is 0 Å². The van der Waals surface area contributed by atoms with Crippen LogP contribution < -0.4 is 0 Å². The number of hydrogen-bond acceptors (Lipinski definition) is 1. The van der Waals surface area contributed by atoms with Crippen LogP contribution in [0.1, 0.15) is 11.1 Å². The molecule has 0 nitrogen and oxygen atoms in total. The molecule has 0 bridgehead atoms. The first kappa shape index (κ1) is 29.6. The van der Waals surface area contributed by atoms with E-state index in [1.54, 1.807) is 0 Å². The second-order valence-corrected chi connectivity index (χ2v) is 14.4. The highest BCUT2D eigenvalue weighted by molar-refractivity contribution is 7.26. The van der Waals surface area contributed by atoms with Crippen LogP contribution in [0.4, 0.5) is 0 Å². The molecule has 0 aliphatic carbocycles. The molecule has 0 radical (unpaired) electrons. The Bertz CT molecular complexity index is 3030. The molecule has 51 heavy (non-hydrogen) atoms. The van der Waals surface area contributed by atoms with Gasteiger partial charge in [-0.05, 0) is 119 Å². The van der Waals surface area contributed by atoms with Crippen molar-refractivity contribution in [3.05, 3.63) is 182 Å². The van der Waals surface area contributed by atoms with Crippen LogP contribution in [0.15, 0.2) is 171 Å². The molecule has 0 saturated carbocycles. The summed E-state index contributed by atoms with van der Waals surface area (Å²) in [6.45, 7) is 7.93. The van der Waals surface area contributed by atoms with Crippen LogP contribution in [0.3, 0.4) is 0 Å². The summed E-state index contributed by atoms with van der Waals surface area (Å²) in [7, 11) is 0. The SMILES string of the molecule is C=Cc1ccc(-c2ccc3cc(-c4cccc(-c5ccc6sc7c(ccc8c9ccccc9c9ccccc9c87)c6c5)c4)ccc3c2)cc1C=C. The molecule has 0 amide bonds. The van der Waals surface area contributed by atoms with Gasteiger partial charge < -0.3 is 0 Å². The van der Waals surface area contributed by atoms with Crippen molar-refractivity contribution in [1.29, 1.82) is 0 Å². The van der Waals surface area contributed by atoms with E-state index in [2.05, 4.69) is 171 Å². The van der Waals surface area contributed by atoms with Crippen molar-refractivity contribution < 1.29 is 0 Å². The minimum Gasteiger partial charge on any atom is -0.135 e. The lowest BCUT2D eigenvalue weighted by atomic mass is 9.93. The summed E-state index contributed by atoms with van der Waals surface area (Å²) < 4.78 is 2.69. The van der Waals surface area contributed by atoms with Gasteiger partial charge in [0.05, 0.1) is 0 Å². The van der Waals surface area contributed by atoms with E-state index in [-0.39, 0.29) is 0 Å². The zero-order valence-corrected chi connectivity index (χ0v) is 28.8. The van der Waals surface area contributed by atoms with Crippen LogP contribution in [0.5, 0.6) is 0 Å². The van der Waals surface area contributed by atoms with Gasteiger partial charge in [-0.2, -0.15) is 0 Å². The smallest absolute Gasteiger partial charge is 0.0440 e. The quantitative estimate of drug-likeness (QED) is 0.161. The second kappa shape index (κ2) is 11.7. The standard InChI is InChI=1S/C50H32S/c1-3-31-16-17-35(26-32(31)4-2)37-20-21-38-28-36(18-19-39(38)29-37)33-10-9-11-34(27-33)40-22-25-48-47(30-40)46-24-23-45-43-14-6-5-12-41(43)42-13-7-8-15-44(42)49(45)50(46)51-48/h3-30H,1-2H2. The summed E-state index contributed by atoms with van der Waals surface area (Å²) in [5.74, 6) is 0. The van der Waals surface area contributed by atoms with Gasteiger partial charge in [0.2, 0.25) is 0 Å². The molecule has 0 unspecified atom stereocenters. The van der Waals surface area contributed by atoms with Crippen molar-refractivity contribution >= 4 is 86.8 Å². The lowest BCUT2D eigenvalue weighted by Crippen LogP contribution is -1.85. The molecule has 0 atom stereocenters. The van der Waals surface area contributed by atoms with Crippen LogP contribution in [0, 0.1) is 0 Å². The van der Waals surface area contributed by atoms with E-state index in [0.717, 1.165) is 11.1 Å². The van der Waals surface area contributed by atoms with Crippen molar-refractivity contribution in [1.82, 2.24) is 0 Å². The fraction of sp³-hybridized carbons (Fsp3) is 0. The zero-order valence-electron chi connectivity index (χ0n) is 28.0. The molecule has 9 aromatic carbocycles. The fourth-order valence-electron chi connectivity index (χ4n) is 8.00. The summed E-state index contributed by atoms with van der Waals surface area (Å²) in [6, 6.07) is 58.3. The van der Waals surface area contributed by atoms with E-state index in [1.165, 1.54) is 96.6 Å². The normalized spacial score (nSPS) is 11.7. The van der Waals surface area contributed by atoms with Crippen molar-refractivity contribution in [2.75, 3.05) is 0 Å². The Morgan fingerprint density at radius 1 is 0.353 bits per heavy atom. The van der Waals surface area contributed by atoms with Gasteiger partial charge >= 0.3 is 0 Å². The first-order chi connectivity index (χ1) is 25.2. The minimum absolute atomic E-state index is 1.10. The monoisotopic (exact) mass is 664 g/mol. The van der Waals surface area contributed by atoms with Gasteiger partial charge in [-0.3, -0.25) is 0 Å². The number of rotatable bonds is 5. The zero-order chi connectivity index (χ0) is 34.1. The molecule has 0 saturated heterocycles. The Morgan fingerprint density at radius 2 is 0.863 bits per heavy atom. The average molecular weight is 665 g/mol. The first-order valence-corrected chi connectivity index (χ1v) is 18.2. The van der Waals surface area contributed by atoms with Crippen LogP contribution in [-0.2, 0) is 0 Å². The Morgan fingerprint density at radius 3 is 1.53 bits per heavy atom.